The molecule has 0 aromatic rings. The monoisotopic (exact) mass is 192 g/mol. The molecule has 3 atom stereocenters. The molecule has 0 saturated heterocycles. The van der Waals surface area contributed by atoms with E-state index in [1.165, 1.54) is 44.9 Å². The maximum absolute atomic E-state index is 10.8. The van der Waals surface area contributed by atoms with Crippen molar-refractivity contribution in [3.63, 3.8) is 0 Å². The van der Waals surface area contributed by atoms with Crippen molar-refractivity contribution in [2.75, 3.05) is 0 Å². The molecule has 2 aliphatic carbocycles. The van der Waals surface area contributed by atoms with Crippen LogP contribution < -0.4 is 0 Å². The van der Waals surface area contributed by atoms with Crippen LogP contribution in [0.2, 0.25) is 0 Å². The van der Waals surface area contributed by atoms with Crippen LogP contribution in [0, 0.1) is 17.8 Å². The fraction of sp³-hybridized carbons (Fsp3) is 0.769. The van der Waals surface area contributed by atoms with Gasteiger partial charge in [0, 0.05) is 0 Å². The van der Waals surface area contributed by atoms with E-state index >= 15 is 0 Å². The molecule has 2 aliphatic rings. The van der Waals surface area contributed by atoms with E-state index in [2.05, 4.69) is 6.58 Å². The molecule has 2 rings (SSSR count). The Morgan fingerprint density at radius 3 is 2.57 bits per heavy atom. The van der Waals surface area contributed by atoms with Gasteiger partial charge in [0.15, 0.2) is 0 Å². The Hall–Kier alpha value is -0.590. The molecule has 2 fully saturated rings. The Morgan fingerprint density at radius 2 is 1.79 bits per heavy atom. The van der Waals surface area contributed by atoms with Crippen molar-refractivity contribution in [1.29, 1.82) is 0 Å². The summed E-state index contributed by atoms with van der Waals surface area (Å²) in [6.07, 6.45) is 10.4. The third-order valence-electron chi connectivity index (χ3n) is 4.20. The first-order valence-electron chi connectivity index (χ1n) is 5.97. The van der Waals surface area contributed by atoms with Crippen LogP contribution in [0.1, 0.15) is 44.9 Å². The van der Waals surface area contributed by atoms with E-state index in [9.17, 15) is 4.79 Å². The third kappa shape index (κ3) is 1.77. The topological polar surface area (TPSA) is 17.1 Å². The Morgan fingerprint density at radius 1 is 1.07 bits per heavy atom. The van der Waals surface area contributed by atoms with Crippen LogP contribution in [-0.4, -0.2) is 6.29 Å². The first-order chi connectivity index (χ1) is 6.83. The summed E-state index contributed by atoms with van der Waals surface area (Å²) in [6, 6.07) is 0. The number of carbonyl (C=O) groups excluding carboxylic acids is 1. The molecule has 3 unspecified atom stereocenters. The average molecular weight is 192 g/mol. The third-order valence-corrected chi connectivity index (χ3v) is 4.20. The van der Waals surface area contributed by atoms with E-state index in [-0.39, 0.29) is 0 Å². The molecular weight excluding hydrogens is 172 g/mol. The van der Waals surface area contributed by atoms with Crippen molar-refractivity contribution >= 4 is 6.29 Å². The number of carbonyl (C=O) groups is 1. The molecule has 1 nitrogen and oxygen atoms in total. The number of allylic oxidation sites excluding steroid dienone is 1. The van der Waals surface area contributed by atoms with Gasteiger partial charge in [0.1, 0.15) is 6.29 Å². The van der Waals surface area contributed by atoms with Gasteiger partial charge >= 0.3 is 0 Å². The fourth-order valence-corrected chi connectivity index (χ4v) is 3.49. The summed E-state index contributed by atoms with van der Waals surface area (Å²) in [5.41, 5.74) is 0.863. The molecule has 0 amide bonds. The fourth-order valence-electron chi connectivity index (χ4n) is 3.49. The van der Waals surface area contributed by atoms with Crippen LogP contribution in [0.25, 0.3) is 0 Å². The standard InChI is InChI=1S/C13H20O/c1-10(9-14)12-8-4-6-11-5-2-3-7-13(11)12/h9,11-13H,1-8H2. The van der Waals surface area contributed by atoms with Crippen molar-refractivity contribution in [1.82, 2.24) is 0 Å². The Balaban J connectivity index is 2.08. The quantitative estimate of drug-likeness (QED) is 0.484. The van der Waals surface area contributed by atoms with Crippen molar-refractivity contribution in [2.45, 2.75) is 44.9 Å². The highest BCUT2D eigenvalue weighted by Crippen LogP contribution is 2.45. The lowest BCUT2D eigenvalue weighted by Crippen LogP contribution is -2.32. The van der Waals surface area contributed by atoms with Crippen LogP contribution in [0.3, 0.4) is 0 Å². The lowest BCUT2D eigenvalue weighted by molar-refractivity contribution is -0.105. The molecule has 14 heavy (non-hydrogen) atoms. The summed E-state index contributed by atoms with van der Waals surface area (Å²) in [7, 11) is 0. The largest absolute Gasteiger partial charge is 0.298 e. The predicted molar refractivity (Wildman–Crippen MR) is 58.0 cm³/mol. The molecule has 0 radical (unpaired) electrons. The van der Waals surface area contributed by atoms with E-state index in [0.29, 0.717) is 5.92 Å². The zero-order valence-corrected chi connectivity index (χ0v) is 8.87. The van der Waals surface area contributed by atoms with Gasteiger partial charge in [-0.15, -0.1) is 0 Å². The first-order valence-corrected chi connectivity index (χ1v) is 5.97. The maximum atomic E-state index is 10.8. The van der Waals surface area contributed by atoms with Crippen LogP contribution >= 0.6 is 0 Å². The van der Waals surface area contributed by atoms with E-state index in [4.69, 9.17) is 0 Å². The highest BCUT2D eigenvalue weighted by molar-refractivity contribution is 5.73. The molecule has 2 saturated carbocycles. The van der Waals surface area contributed by atoms with Crippen LogP contribution in [-0.2, 0) is 4.79 Å². The number of aldehydes is 1. The second kappa shape index (κ2) is 4.29. The molecule has 0 N–H and O–H groups in total. The van der Waals surface area contributed by atoms with Crippen molar-refractivity contribution in [2.24, 2.45) is 17.8 Å². The second-order valence-corrected chi connectivity index (χ2v) is 4.94. The first kappa shape index (κ1) is 9.95. The van der Waals surface area contributed by atoms with Crippen molar-refractivity contribution < 1.29 is 4.79 Å². The molecule has 0 aromatic heterocycles. The zero-order chi connectivity index (χ0) is 9.97. The minimum Gasteiger partial charge on any atom is -0.298 e. The SMILES string of the molecule is C=C(C=O)C1CCCC2CCCCC21. The van der Waals surface area contributed by atoms with E-state index < -0.39 is 0 Å². The van der Waals surface area contributed by atoms with Gasteiger partial charge in [0.2, 0.25) is 0 Å². The van der Waals surface area contributed by atoms with Gasteiger partial charge in [0.05, 0.1) is 0 Å². The zero-order valence-electron chi connectivity index (χ0n) is 8.87. The van der Waals surface area contributed by atoms with E-state index in [1.54, 1.807) is 0 Å². The van der Waals surface area contributed by atoms with Crippen LogP contribution in [0.5, 0.6) is 0 Å². The van der Waals surface area contributed by atoms with Gasteiger partial charge in [-0.25, -0.2) is 0 Å². The summed E-state index contributed by atoms with van der Waals surface area (Å²) in [5, 5.41) is 0. The molecule has 0 spiro atoms. The number of rotatable bonds is 2. The Kier molecular flexibility index (Phi) is 3.05. The minimum atomic E-state index is 0.520. The normalized spacial score (nSPS) is 37.3. The average Bonchev–Trinajstić information content (AvgIpc) is 2.27. The lowest BCUT2D eigenvalue weighted by Gasteiger charge is -2.41. The van der Waals surface area contributed by atoms with Gasteiger partial charge in [-0.2, -0.15) is 0 Å². The lowest BCUT2D eigenvalue weighted by atomic mass is 9.64. The van der Waals surface area contributed by atoms with Gasteiger partial charge in [-0.05, 0) is 36.2 Å². The van der Waals surface area contributed by atoms with Crippen molar-refractivity contribution in [3.8, 4) is 0 Å². The summed E-state index contributed by atoms with van der Waals surface area (Å²) < 4.78 is 0. The summed E-state index contributed by atoms with van der Waals surface area (Å²) in [5.74, 6) is 2.21. The van der Waals surface area contributed by atoms with Gasteiger partial charge in [-0.1, -0.05) is 38.7 Å². The number of hydrogen-bond acceptors (Lipinski definition) is 1. The van der Waals surface area contributed by atoms with E-state index in [0.717, 1.165) is 23.7 Å². The van der Waals surface area contributed by atoms with Gasteiger partial charge < -0.3 is 0 Å². The minimum absolute atomic E-state index is 0.520. The molecule has 78 valence electrons. The molecule has 0 bridgehead atoms. The predicted octanol–water partition coefficient (Wildman–Crippen LogP) is 3.35. The highest BCUT2D eigenvalue weighted by Gasteiger charge is 2.35. The molecule has 0 aromatic carbocycles. The van der Waals surface area contributed by atoms with Gasteiger partial charge in [-0.3, -0.25) is 4.79 Å². The van der Waals surface area contributed by atoms with Crippen LogP contribution in [0.4, 0.5) is 0 Å². The van der Waals surface area contributed by atoms with E-state index in [1.807, 2.05) is 0 Å². The molecular formula is C13H20O. The summed E-state index contributed by atoms with van der Waals surface area (Å²) in [4.78, 5) is 10.8. The number of fused-ring (bicyclic) bond motifs is 1. The summed E-state index contributed by atoms with van der Waals surface area (Å²) in [6.45, 7) is 3.92. The van der Waals surface area contributed by atoms with Crippen molar-refractivity contribution in [3.05, 3.63) is 12.2 Å². The highest BCUT2D eigenvalue weighted by atomic mass is 16.1. The van der Waals surface area contributed by atoms with Gasteiger partial charge in [0.25, 0.3) is 0 Å². The number of hydrogen-bond donors (Lipinski definition) is 0. The van der Waals surface area contributed by atoms with Crippen LogP contribution in [0.15, 0.2) is 12.2 Å². The molecule has 0 aliphatic heterocycles. The Bertz CT molecular complexity index is 229. The Labute approximate surface area is 86.6 Å². The maximum Gasteiger partial charge on any atom is 0.145 e. The molecule has 0 heterocycles. The second-order valence-electron chi connectivity index (χ2n) is 4.94. The summed E-state index contributed by atoms with van der Waals surface area (Å²) >= 11 is 0. The molecule has 1 heteroatoms. The smallest absolute Gasteiger partial charge is 0.145 e.